The Labute approximate surface area is 120 Å². The Morgan fingerprint density at radius 1 is 1.42 bits per heavy atom. The van der Waals surface area contributed by atoms with Crippen molar-refractivity contribution in [3.05, 3.63) is 33.3 Å². The van der Waals surface area contributed by atoms with Crippen LogP contribution in [-0.4, -0.2) is 25.0 Å². The molecule has 1 fully saturated rings. The Morgan fingerprint density at radius 2 is 2.16 bits per heavy atom. The highest BCUT2D eigenvalue weighted by Crippen LogP contribution is 2.22. The number of rotatable bonds is 3. The van der Waals surface area contributed by atoms with Crippen molar-refractivity contribution < 1.29 is 14.3 Å². The fraction of sp³-hybridized carbons (Fsp3) is 0.429. The van der Waals surface area contributed by atoms with Crippen molar-refractivity contribution in [3.8, 4) is 0 Å². The molecule has 0 saturated carbocycles. The minimum absolute atomic E-state index is 0.0247. The molecule has 0 aromatic heterocycles. The third-order valence-corrected chi connectivity index (χ3v) is 4.09. The molecule has 1 aliphatic heterocycles. The van der Waals surface area contributed by atoms with E-state index in [1.165, 1.54) is 0 Å². The second-order valence-electron chi connectivity index (χ2n) is 4.89. The van der Waals surface area contributed by atoms with Crippen molar-refractivity contribution in [2.24, 2.45) is 5.92 Å². The van der Waals surface area contributed by atoms with Crippen LogP contribution in [0, 0.1) is 19.8 Å². The molecule has 1 N–H and O–H groups in total. The highest BCUT2D eigenvalue weighted by Gasteiger charge is 2.23. The zero-order valence-electron chi connectivity index (χ0n) is 11.0. The van der Waals surface area contributed by atoms with E-state index in [1.54, 1.807) is 0 Å². The average molecular weight is 326 g/mol. The van der Waals surface area contributed by atoms with Crippen molar-refractivity contribution in [3.63, 3.8) is 0 Å². The Bertz CT molecular complexity index is 528. The SMILES string of the molecule is Cc1cc(C(=O)OCC2CNC(=O)C2)c(C)cc1Br. The van der Waals surface area contributed by atoms with Gasteiger partial charge >= 0.3 is 5.97 Å². The Morgan fingerprint density at radius 3 is 2.79 bits per heavy atom. The summed E-state index contributed by atoms with van der Waals surface area (Å²) in [5, 5.41) is 2.72. The zero-order valence-corrected chi connectivity index (χ0v) is 12.5. The van der Waals surface area contributed by atoms with Gasteiger partial charge in [-0.05, 0) is 37.1 Å². The molecule has 5 heteroatoms. The fourth-order valence-corrected chi connectivity index (χ4v) is 2.51. The number of carbonyl (C=O) groups is 2. The molecule has 1 aliphatic rings. The monoisotopic (exact) mass is 325 g/mol. The summed E-state index contributed by atoms with van der Waals surface area (Å²) in [5.41, 5.74) is 2.45. The molecule has 1 saturated heterocycles. The molecule has 0 aliphatic carbocycles. The molecule has 4 nitrogen and oxygen atoms in total. The van der Waals surface area contributed by atoms with Gasteiger partial charge in [0.25, 0.3) is 0 Å². The van der Waals surface area contributed by atoms with Crippen LogP contribution in [-0.2, 0) is 9.53 Å². The Balaban J connectivity index is 2.00. The molecule has 1 heterocycles. The number of carbonyl (C=O) groups excluding carboxylic acids is 2. The van der Waals surface area contributed by atoms with Crippen LogP contribution >= 0.6 is 15.9 Å². The van der Waals surface area contributed by atoms with Gasteiger partial charge in [0.05, 0.1) is 12.2 Å². The molecule has 0 spiro atoms. The van der Waals surface area contributed by atoms with E-state index in [0.717, 1.165) is 15.6 Å². The first-order chi connectivity index (χ1) is 8.97. The predicted octanol–water partition coefficient (Wildman–Crippen LogP) is 2.36. The van der Waals surface area contributed by atoms with Crippen LogP contribution < -0.4 is 5.32 Å². The second-order valence-corrected chi connectivity index (χ2v) is 5.74. The van der Waals surface area contributed by atoms with Gasteiger partial charge in [-0.25, -0.2) is 4.79 Å². The van der Waals surface area contributed by atoms with Gasteiger partial charge in [-0.15, -0.1) is 0 Å². The summed E-state index contributed by atoms with van der Waals surface area (Å²) in [6.07, 6.45) is 0.436. The lowest BCUT2D eigenvalue weighted by atomic mass is 10.1. The van der Waals surface area contributed by atoms with Crippen LogP contribution in [0.2, 0.25) is 0 Å². The normalized spacial score (nSPS) is 18.3. The van der Waals surface area contributed by atoms with E-state index in [2.05, 4.69) is 21.2 Å². The highest BCUT2D eigenvalue weighted by molar-refractivity contribution is 9.10. The van der Waals surface area contributed by atoms with E-state index in [9.17, 15) is 9.59 Å². The molecule has 1 aromatic carbocycles. The van der Waals surface area contributed by atoms with Crippen molar-refractivity contribution in [1.29, 1.82) is 0 Å². The van der Waals surface area contributed by atoms with Crippen molar-refractivity contribution in [2.45, 2.75) is 20.3 Å². The summed E-state index contributed by atoms with van der Waals surface area (Å²) < 4.78 is 6.27. The molecule has 0 bridgehead atoms. The lowest BCUT2D eigenvalue weighted by molar-refractivity contribution is -0.119. The van der Waals surface area contributed by atoms with Crippen molar-refractivity contribution >= 4 is 27.8 Å². The van der Waals surface area contributed by atoms with E-state index in [4.69, 9.17) is 4.74 Å². The molecule has 0 radical (unpaired) electrons. The highest BCUT2D eigenvalue weighted by atomic mass is 79.9. The summed E-state index contributed by atoms with van der Waals surface area (Å²) in [4.78, 5) is 23.1. The van der Waals surface area contributed by atoms with E-state index in [0.29, 0.717) is 18.5 Å². The molecule has 2 rings (SSSR count). The minimum Gasteiger partial charge on any atom is -0.462 e. The smallest absolute Gasteiger partial charge is 0.338 e. The molecular formula is C14H16BrNO3. The number of hydrogen-bond donors (Lipinski definition) is 1. The first-order valence-electron chi connectivity index (χ1n) is 6.18. The minimum atomic E-state index is -0.326. The number of esters is 1. The number of halogens is 1. The topological polar surface area (TPSA) is 55.4 Å². The molecule has 1 amide bonds. The lowest BCUT2D eigenvalue weighted by Crippen LogP contribution is -2.18. The first kappa shape index (κ1) is 14.1. The summed E-state index contributed by atoms with van der Waals surface area (Å²) in [5.74, 6) is -0.211. The number of ether oxygens (including phenoxy) is 1. The summed E-state index contributed by atoms with van der Waals surface area (Å²) in [6, 6.07) is 3.73. The second kappa shape index (κ2) is 5.74. The standard InChI is InChI=1S/C14H16BrNO3/c1-8-4-12(15)9(2)3-11(8)14(18)19-7-10-5-13(17)16-6-10/h3-4,10H,5-7H2,1-2H3,(H,16,17). The van der Waals surface area contributed by atoms with E-state index in [1.807, 2.05) is 26.0 Å². The van der Waals surface area contributed by atoms with Crippen molar-refractivity contribution in [2.75, 3.05) is 13.2 Å². The van der Waals surface area contributed by atoms with Crippen LogP contribution in [0.4, 0.5) is 0 Å². The van der Waals surface area contributed by atoms with Gasteiger partial charge in [0.15, 0.2) is 0 Å². The summed E-state index contributed by atoms with van der Waals surface area (Å²) >= 11 is 3.43. The molecular weight excluding hydrogens is 310 g/mol. The van der Waals surface area contributed by atoms with Gasteiger partial charge < -0.3 is 10.1 Å². The molecule has 1 atom stereocenters. The summed E-state index contributed by atoms with van der Waals surface area (Å²) in [6.45, 7) is 4.68. The van der Waals surface area contributed by atoms with E-state index >= 15 is 0 Å². The van der Waals surface area contributed by atoms with Crippen LogP contribution in [0.5, 0.6) is 0 Å². The number of amides is 1. The maximum atomic E-state index is 12.0. The predicted molar refractivity (Wildman–Crippen MR) is 75.0 cm³/mol. The number of benzene rings is 1. The largest absolute Gasteiger partial charge is 0.462 e. The van der Waals surface area contributed by atoms with E-state index < -0.39 is 0 Å². The van der Waals surface area contributed by atoms with Gasteiger partial charge in [0, 0.05) is 23.4 Å². The zero-order chi connectivity index (χ0) is 14.0. The van der Waals surface area contributed by atoms with Gasteiger partial charge in [0.2, 0.25) is 5.91 Å². The third-order valence-electron chi connectivity index (χ3n) is 3.24. The maximum Gasteiger partial charge on any atom is 0.338 e. The van der Waals surface area contributed by atoms with E-state index in [-0.39, 0.29) is 24.4 Å². The van der Waals surface area contributed by atoms with Gasteiger partial charge in [-0.2, -0.15) is 0 Å². The molecule has 19 heavy (non-hydrogen) atoms. The quantitative estimate of drug-likeness (QED) is 0.868. The Kier molecular flexibility index (Phi) is 4.24. The van der Waals surface area contributed by atoms with Crippen LogP contribution in [0.1, 0.15) is 27.9 Å². The molecule has 1 unspecified atom stereocenters. The fourth-order valence-electron chi connectivity index (χ4n) is 2.05. The number of aryl methyl sites for hydroxylation is 2. The van der Waals surface area contributed by atoms with Crippen LogP contribution in [0.25, 0.3) is 0 Å². The van der Waals surface area contributed by atoms with Gasteiger partial charge in [0.1, 0.15) is 0 Å². The third kappa shape index (κ3) is 3.35. The number of nitrogens with one attached hydrogen (secondary N) is 1. The molecule has 102 valence electrons. The van der Waals surface area contributed by atoms with Gasteiger partial charge in [-0.3, -0.25) is 4.79 Å². The van der Waals surface area contributed by atoms with Crippen LogP contribution in [0.15, 0.2) is 16.6 Å². The average Bonchev–Trinajstić information content (AvgIpc) is 2.77. The first-order valence-corrected chi connectivity index (χ1v) is 6.97. The lowest BCUT2D eigenvalue weighted by Gasteiger charge is -2.11. The maximum absolute atomic E-state index is 12.0. The Hall–Kier alpha value is -1.36. The molecule has 1 aromatic rings. The van der Waals surface area contributed by atoms with Gasteiger partial charge in [-0.1, -0.05) is 15.9 Å². The number of hydrogen-bond acceptors (Lipinski definition) is 3. The van der Waals surface area contributed by atoms with Crippen molar-refractivity contribution in [1.82, 2.24) is 5.32 Å². The van der Waals surface area contributed by atoms with Crippen LogP contribution in [0.3, 0.4) is 0 Å². The summed E-state index contributed by atoms with van der Waals surface area (Å²) in [7, 11) is 0.